The number of hydrogen-bond acceptors (Lipinski definition) is 4. The Bertz CT molecular complexity index is 408. The SMILES string of the molecule is CC(C)Oc1ncccc1CNC1CCCCC1CN. The Labute approximate surface area is 122 Å². The van der Waals surface area contributed by atoms with Crippen LogP contribution in [0.3, 0.4) is 0 Å². The van der Waals surface area contributed by atoms with Crippen molar-refractivity contribution in [2.75, 3.05) is 6.54 Å². The Hall–Kier alpha value is -1.13. The van der Waals surface area contributed by atoms with E-state index < -0.39 is 0 Å². The number of nitrogens with zero attached hydrogens (tertiary/aromatic N) is 1. The molecule has 1 heterocycles. The Morgan fingerprint density at radius 2 is 2.20 bits per heavy atom. The van der Waals surface area contributed by atoms with E-state index in [1.54, 1.807) is 6.20 Å². The topological polar surface area (TPSA) is 60.2 Å². The van der Waals surface area contributed by atoms with Gasteiger partial charge in [0.25, 0.3) is 0 Å². The lowest BCUT2D eigenvalue weighted by molar-refractivity contribution is 0.226. The molecule has 0 aliphatic heterocycles. The standard InChI is InChI=1S/C16H27N3O/c1-12(2)20-16-14(7-5-9-18-16)11-19-15-8-4-3-6-13(15)10-17/h5,7,9,12-13,15,19H,3-4,6,8,10-11,17H2,1-2H3. The summed E-state index contributed by atoms with van der Waals surface area (Å²) in [5.41, 5.74) is 7.01. The summed E-state index contributed by atoms with van der Waals surface area (Å²) in [5, 5.41) is 3.65. The van der Waals surface area contributed by atoms with E-state index in [0.717, 1.165) is 24.5 Å². The van der Waals surface area contributed by atoms with Gasteiger partial charge in [0.2, 0.25) is 5.88 Å². The fraction of sp³-hybridized carbons (Fsp3) is 0.688. The number of hydrogen-bond donors (Lipinski definition) is 2. The molecular weight excluding hydrogens is 250 g/mol. The van der Waals surface area contributed by atoms with Crippen LogP contribution in [0.2, 0.25) is 0 Å². The predicted octanol–water partition coefficient (Wildman–Crippen LogP) is 2.48. The number of aromatic nitrogens is 1. The molecule has 0 bridgehead atoms. The average molecular weight is 277 g/mol. The van der Waals surface area contributed by atoms with E-state index >= 15 is 0 Å². The van der Waals surface area contributed by atoms with E-state index in [9.17, 15) is 0 Å². The first kappa shape index (κ1) is 15.3. The lowest BCUT2D eigenvalue weighted by Gasteiger charge is -2.31. The molecule has 1 aliphatic carbocycles. The summed E-state index contributed by atoms with van der Waals surface area (Å²) in [7, 11) is 0. The van der Waals surface area contributed by atoms with Crippen LogP contribution in [-0.2, 0) is 6.54 Å². The first-order chi connectivity index (χ1) is 9.70. The third-order valence-electron chi connectivity index (χ3n) is 3.96. The molecule has 0 aromatic carbocycles. The third kappa shape index (κ3) is 4.18. The van der Waals surface area contributed by atoms with Crippen molar-refractivity contribution in [3.8, 4) is 5.88 Å². The minimum Gasteiger partial charge on any atom is -0.475 e. The molecule has 112 valence electrons. The van der Waals surface area contributed by atoms with Crippen LogP contribution in [0.4, 0.5) is 0 Å². The van der Waals surface area contributed by atoms with Crippen LogP contribution in [0.25, 0.3) is 0 Å². The van der Waals surface area contributed by atoms with Crippen molar-refractivity contribution < 1.29 is 4.74 Å². The van der Waals surface area contributed by atoms with E-state index in [1.165, 1.54) is 25.7 Å². The summed E-state index contributed by atoms with van der Waals surface area (Å²) in [5.74, 6) is 1.35. The molecule has 1 aromatic rings. The summed E-state index contributed by atoms with van der Waals surface area (Å²) < 4.78 is 5.76. The largest absolute Gasteiger partial charge is 0.475 e. The normalized spacial score (nSPS) is 23.0. The molecule has 4 heteroatoms. The van der Waals surface area contributed by atoms with Gasteiger partial charge < -0.3 is 15.8 Å². The Morgan fingerprint density at radius 3 is 2.95 bits per heavy atom. The molecule has 1 fully saturated rings. The monoisotopic (exact) mass is 277 g/mol. The van der Waals surface area contributed by atoms with Gasteiger partial charge in [-0.25, -0.2) is 4.98 Å². The summed E-state index contributed by atoms with van der Waals surface area (Å²) in [6, 6.07) is 4.57. The number of ether oxygens (including phenoxy) is 1. The van der Waals surface area contributed by atoms with Crippen molar-refractivity contribution >= 4 is 0 Å². The fourth-order valence-corrected chi connectivity index (χ4v) is 2.89. The second-order valence-corrected chi connectivity index (χ2v) is 5.90. The molecule has 3 N–H and O–H groups in total. The molecule has 20 heavy (non-hydrogen) atoms. The molecule has 0 radical (unpaired) electrons. The van der Waals surface area contributed by atoms with Gasteiger partial charge in [-0.1, -0.05) is 18.9 Å². The highest BCUT2D eigenvalue weighted by Crippen LogP contribution is 2.24. The molecule has 0 saturated heterocycles. The lowest BCUT2D eigenvalue weighted by Crippen LogP contribution is -2.41. The van der Waals surface area contributed by atoms with Crippen LogP contribution in [0.5, 0.6) is 5.88 Å². The molecule has 0 amide bonds. The third-order valence-corrected chi connectivity index (χ3v) is 3.96. The summed E-state index contributed by atoms with van der Waals surface area (Å²) in [6.07, 6.45) is 7.02. The highest BCUT2D eigenvalue weighted by Gasteiger charge is 2.23. The zero-order chi connectivity index (χ0) is 14.4. The number of nitrogens with two attached hydrogens (primary N) is 1. The zero-order valence-electron chi connectivity index (χ0n) is 12.6. The minimum absolute atomic E-state index is 0.148. The van der Waals surface area contributed by atoms with Gasteiger partial charge in [-0.2, -0.15) is 0 Å². The highest BCUT2D eigenvalue weighted by atomic mass is 16.5. The van der Waals surface area contributed by atoms with Crippen molar-refractivity contribution in [1.29, 1.82) is 0 Å². The second kappa shape index (κ2) is 7.60. The maximum atomic E-state index is 5.88. The van der Waals surface area contributed by atoms with Crippen molar-refractivity contribution in [2.24, 2.45) is 11.7 Å². The van der Waals surface area contributed by atoms with Crippen LogP contribution in [0.1, 0.15) is 45.1 Å². The van der Waals surface area contributed by atoms with Crippen LogP contribution >= 0.6 is 0 Å². The fourth-order valence-electron chi connectivity index (χ4n) is 2.89. The van der Waals surface area contributed by atoms with Gasteiger partial charge in [-0.05, 0) is 45.2 Å². The van der Waals surface area contributed by atoms with Crippen molar-refractivity contribution in [3.05, 3.63) is 23.9 Å². The smallest absolute Gasteiger partial charge is 0.218 e. The molecule has 1 saturated carbocycles. The van der Waals surface area contributed by atoms with Crippen LogP contribution in [-0.4, -0.2) is 23.7 Å². The predicted molar refractivity (Wildman–Crippen MR) is 81.6 cm³/mol. The average Bonchev–Trinajstić information content (AvgIpc) is 2.46. The van der Waals surface area contributed by atoms with E-state index in [-0.39, 0.29) is 6.10 Å². The van der Waals surface area contributed by atoms with E-state index in [1.807, 2.05) is 19.9 Å². The number of nitrogens with one attached hydrogen (secondary N) is 1. The Balaban J connectivity index is 1.96. The highest BCUT2D eigenvalue weighted by molar-refractivity contribution is 5.25. The van der Waals surface area contributed by atoms with Crippen LogP contribution < -0.4 is 15.8 Å². The Morgan fingerprint density at radius 1 is 1.40 bits per heavy atom. The first-order valence-electron chi connectivity index (χ1n) is 7.74. The summed E-state index contributed by atoms with van der Waals surface area (Å²) in [6.45, 7) is 5.63. The maximum absolute atomic E-state index is 5.88. The first-order valence-corrected chi connectivity index (χ1v) is 7.74. The molecule has 2 unspecified atom stereocenters. The molecule has 0 spiro atoms. The second-order valence-electron chi connectivity index (χ2n) is 5.90. The van der Waals surface area contributed by atoms with Crippen LogP contribution in [0, 0.1) is 5.92 Å². The van der Waals surface area contributed by atoms with Gasteiger partial charge in [0.15, 0.2) is 0 Å². The van der Waals surface area contributed by atoms with Crippen molar-refractivity contribution in [3.63, 3.8) is 0 Å². The van der Waals surface area contributed by atoms with Gasteiger partial charge >= 0.3 is 0 Å². The van der Waals surface area contributed by atoms with Crippen molar-refractivity contribution in [1.82, 2.24) is 10.3 Å². The Kier molecular flexibility index (Phi) is 5.80. The molecule has 2 rings (SSSR count). The zero-order valence-corrected chi connectivity index (χ0v) is 12.6. The minimum atomic E-state index is 0.148. The molecule has 1 aliphatic rings. The molecule has 2 atom stereocenters. The van der Waals surface area contributed by atoms with Gasteiger partial charge in [0.1, 0.15) is 0 Å². The van der Waals surface area contributed by atoms with Gasteiger partial charge in [0, 0.05) is 24.3 Å². The molecule has 1 aromatic heterocycles. The number of pyridine rings is 1. The number of rotatable bonds is 6. The van der Waals surface area contributed by atoms with E-state index in [4.69, 9.17) is 10.5 Å². The molecule has 4 nitrogen and oxygen atoms in total. The van der Waals surface area contributed by atoms with Crippen LogP contribution in [0.15, 0.2) is 18.3 Å². The molecular formula is C16H27N3O. The maximum Gasteiger partial charge on any atom is 0.218 e. The van der Waals surface area contributed by atoms with E-state index in [0.29, 0.717) is 12.0 Å². The summed E-state index contributed by atoms with van der Waals surface area (Å²) in [4.78, 5) is 4.33. The summed E-state index contributed by atoms with van der Waals surface area (Å²) >= 11 is 0. The quantitative estimate of drug-likeness (QED) is 0.838. The lowest BCUT2D eigenvalue weighted by atomic mass is 9.84. The van der Waals surface area contributed by atoms with Gasteiger partial charge in [-0.15, -0.1) is 0 Å². The van der Waals surface area contributed by atoms with Gasteiger partial charge in [0.05, 0.1) is 6.10 Å². The van der Waals surface area contributed by atoms with E-state index in [2.05, 4.69) is 16.4 Å². The van der Waals surface area contributed by atoms with Crippen molar-refractivity contribution in [2.45, 2.75) is 58.2 Å². The van der Waals surface area contributed by atoms with Gasteiger partial charge in [-0.3, -0.25) is 0 Å².